The van der Waals surface area contributed by atoms with Crippen molar-refractivity contribution in [2.75, 3.05) is 7.11 Å². The van der Waals surface area contributed by atoms with E-state index in [1.807, 2.05) is 24.5 Å². The molecule has 0 saturated heterocycles. The third-order valence-electron chi connectivity index (χ3n) is 4.05. The van der Waals surface area contributed by atoms with Gasteiger partial charge in [-0.3, -0.25) is 0 Å². The Morgan fingerprint density at radius 1 is 1.23 bits per heavy atom. The van der Waals surface area contributed by atoms with Crippen LogP contribution in [-0.2, 0) is 6.54 Å². The van der Waals surface area contributed by atoms with Gasteiger partial charge in [0, 0.05) is 16.2 Å². The van der Waals surface area contributed by atoms with Gasteiger partial charge in [0.15, 0.2) is 0 Å². The zero-order valence-electron chi connectivity index (χ0n) is 12.5. The van der Waals surface area contributed by atoms with Crippen LogP contribution in [0.25, 0.3) is 21.1 Å². The molecule has 0 atom stereocenters. The molecule has 110 valence electrons. The summed E-state index contributed by atoms with van der Waals surface area (Å²) >= 11 is 1.80. The van der Waals surface area contributed by atoms with Gasteiger partial charge in [-0.15, -0.1) is 11.3 Å². The molecule has 2 heterocycles. The van der Waals surface area contributed by atoms with Gasteiger partial charge >= 0.3 is 0 Å². The van der Waals surface area contributed by atoms with Crippen LogP contribution < -0.4 is 4.74 Å². The Bertz CT molecular complexity index is 968. The largest absolute Gasteiger partial charge is 0.497 e. The molecule has 0 bridgehead atoms. The molecule has 0 unspecified atom stereocenters. The molecule has 22 heavy (non-hydrogen) atoms. The van der Waals surface area contributed by atoms with Gasteiger partial charge in [0.05, 0.1) is 31.0 Å². The summed E-state index contributed by atoms with van der Waals surface area (Å²) in [7, 11) is 1.69. The molecule has 2 aromatic heterocycles. The first-order chi connectivity index (χ1) is 10.8. The summed E-state index contributed by atoms with van der Waals surface area (Å²) in [5.41, 5.74) is 4.78. The summed E-state index contributed by atoms with van der Waals surface area (Å²) in [4.78, 5) is 4.49. The number of aromatic nitrogens is 2. The summed E-state index contributed by atoms with van der Waals surface area (Å²) in [6, 6.07) is 12.5. The number of ether oxygens (including phenoxy) is 1. The van der Waals surface area contributed by atoms with E-state index in [-0.39, 0.29) is 0 Å². The molecule has 4 rings (SSSR count). The lowest BCUT2D eigenvalue weighted by Crippen LogP contribution is -1.97. The predicted octanol–water partition coefficient (Wildman–Crippen LogP) is 4.62. The van der Waals surface area contributed by atoms with Crippen molar-refractivity contribution in [2.45, 2.75) is 13.5 Å². The van der Waals surface area contributed by atoms with Crippen molar-refractivity contribution >= 4 is 32.5 Å². The molecule has 0 radical (unpaired) electrons. The van der Waals surface area contributed by atoms with E-state index in [0.29, 0.717) is 0 Å². The molecule has 0 aliphatic heterocycles. The van der Waals surface area contributed by atoms with E-state index in [0.717, 1.165) is 23.3 Å². The maximum atomic E-state index is 5.33. The van der Waals surface area contributed by atoms with Crippen molar-refractivity contribution in [3.05, 3.63) is 59.2 Å². The van der Waals surface area contributed by atoms with Crippen molar-refractivity contribution in [1.82, 2.24) is 9.55 Å². The summed E-state index contributed by atoms with van der Waals surface area (Å²) < 4.78 is 8.86. The minimum absolute atomic E-state index is 0.828. The maximum absolute atomic E-state index is 5.33. The highest BCUT2D eigenvalue weighted by Crippen LogP contribution is 2.30. The number of methoxy groups -OCH3 is 1. The fraction of sp³-hybridized carbons (Fsp3) is 0.167. The Hall–Kier alpha value is -2.33. The SMILES string of the molecule is COc1ccc2ncn(Cc3csc4cccc(C)c34)c2c1. The van der Waals surface area contributed by atoms with E-state index >= 15 is 0 Å². The van der Waals surface area contributed by atoms with E-state index in [4.69, 9.17) is 4.74 Å². The van der Waals surface area contributed by atoms with E-state index in [1.54, 1.807) is 18.4 Å². The van der Waals surface area contributed by atoms with Gasteiger partial charge in [0.1, 0.15) is 5.75 Å². The van der Waals surface area contributed by atoms with E-state index < -0.39 is 0 Å². The van der Waals surface area contributed by atoms with Gasteiger partial charge in [-0.25, -0.2) is 4.98 Å². The van der Waals surface area contributed by atoms with E-state index in [1.165, 1.54) is 21.2 Å². The average molecular weight is 308 g/mol. The van der Waals surface area contributed by atoms with Gasteiger partial charge in [-0.2, -0.15) is 0 Å². The minimum atomic E-state index is 0.828. The smallest absolute Gasteiger partial charge is 0.121 e. The third-order valence-corrected chi connectivity index (χ3v) is 5.05. The zero-order chi connectivity index (χ0) is 15.1. The van der Waals surface area contributed by atoms with Crippen LogP contribution >= 0.6 is 11.3 Å². The standard InChI is InChI=1S/C18H16N2OS/c1-12-4-3-5-17-18(12)13(10-22-17)9-20-11-19-15-7-6-14(21-2)8-16(15)20/h3-8,10-11H,9H2,1-2H3. The monoisotopic (exact) mass is 308 g/mol. The Labute approximate surface area is 132 Å². The Morgan fingerprint density at radius 2 is 2.14 bits per heavy atom. The number of rotatable bonds is 3. The second-order valence-electron chi connectivity index (χ2n) is 5.44. The summed E-state index contributed by atoms with van der Waals surface area (Å²) in [6.45, 7) is 3.00. The lowest BCUT2D eigenvalue weighted by atomic mass is 10.1. The molecule has 4 aromatic rings. The van der Waals surface area contributed by atoms with E-state index in [2.05, 4.69) is 40.1 Å². The average Bonchev–Trinajstić information content (AvgIpc) is 3.13. The Kier molecular flexibility index (Phi) is 3.12. The normalized spacial score (nSPS) is 11.4. The van der Waals surface area contributed by atoms with E-state index in [9.17, 15) is 0 Å². The van der Waals surface area contributed by atoms with Crippen LogP contribution in [0.15, 0.2) is 48.1 Å². The fourth-order valence-electron chi connectivity index (χ4n) is 2.93. The molecule has 0 saturated carbocycles. The van der Waals surface area contributed by atoms with Crippen LogP contribution in [0.4, 0.5) is 0 Å². The third kappa shape index (κ3) is 2.07. The predicted molar refractivity (Wildman–Crippen MR) is 91.9 cm³/mol. The van der Waals surface area contributed by atoms with Gasteiger partial charge in [-0.05, 0) is 41.6 Å². The first kappa shape index (κ1) is 13.3. The molecule has 0 amide bonds. The highest BCUT2D eigenvalue weighted by atomic mass is 32.1. The van der Waals surface area contributed by atoms with Gasteiger partial charge in [0.25, 0.3) is 0 Å². The van der Waals surface area contributed by atoms with Crippen LogP contribution in [-0.4, -0.2) is 16.7 Å². The second kappa shape index (κ2) is 5.14. The molecule has 3 nitrogen and oxygen atoms in total. The van der Waals surface area contributed by atoms with Crippen LogP contribution in [0.1, 0.15) is 11.1 Å². The number of nitrogens with zero attached hydrogens (tertiary/aromatic N) is 2. The van der Waals surface area contributed by atoms with Crippen LogP contribution in [0, 0.1) is 6.92 Å². The molecule has 0 spiro atoms. The van der Waals surface area contributed by atoms with Crippen molar-refractivity contribution in [3.63, 3.8) is 0 Å². The van der Waals surface area contributed by atoms with Crippen LogP contribution in [0.2, 0.25) is 0 Å². The number of aryl methyl sites for hydroxylation is 1. The number of hydrogen-bond donors (Lipinski definition) is 0. The van der Waals surface area contributed by atoms with Crippen molar-refractivity contribution in [1.29, 1.82) is 0 Å². The molecule has 0 fully saturated rings. The quantitative estimate of drug-likeness (QED) is 0.552. The second-order valence-corrected chi connectivity index (χ2v) is 6.35. The first-order valence-corrected chi connectivity index (χ1v) is 8.09. The molecular formula is C18H16N2OS. The lowest BCUT2D eigenvalue weighted by molar-refractivity contribution is 0.415. The first-order valence-electron chi connectivity index (χ1n) is 7.21. The van der Waals surface area contributed by atoms with Crippen molar-refractivity contribution in [2.24, 2.45) is 0 Å². The fourth-order valence-corrected chi connectivity index (χ4v) is 3.96. The van der Waals surface area contributed by atoms with Gasteiger partial charge in [-0.1, -0.05) is 12.1 Å². The van der Waals surface area contributed by atoms with Crippen LogP contribution in [0.3, 0.4) is 0 Å². The highest BCUT2D eigenvalue weighted by molar-refractivity contribution is 7.17. The number of hydrogen-bond acceptors (Lipinski definition) is 3. The summed E-state index contributed by atoms with van der Waals surface area (Å²) in [5.74, 6) is 0.862. The molecule has 0 aliphatic carbocycles. The Morgan fingerprint density at radius 3 is 3.00 bits per heavy atom. The van der Waals surface area contributed by atoms with Crippen molar-refractivity contribution in [3.8, 4) is 5.75 Å². The maximum Gasteiger partial charge on any atom is 0.121 e. The molecular weight excluding hydrogens is 292 g/mol. The zero-order valence-corrected chi connectivity index (χ0v) is 13.4. The number of benzene rings is 2. The molecule has 0 N–H and O–H groups in total. The Balaban J connectivity index is 1.82. The number of imidazole rings is 1. The highest BCUT2D eigenvalue weighted by Gasteiger charge is 2.10. The molecule has 0 aliphatic rings. The summed E-state index contributed by atoms with van der Waals surface area (Å²) in [5, 5.41) is 3.63. The van der Waals surface area contributed by atoms with Crippen LogP contribution in [0.5, 0.6) is 5.75 Å². The topological polar surface area (TPSA) is 27.1 Å². The number of thiophene rings is 1. The van der Waals surface area contributed by atoms with Gasteiger partial charge < -0.3 is 9.30 Å². The number of fused-ring (bicyclic) bond motifs is 2. The summed E-state index contributed by atoms with van der Waals surface area (Å²) in [6.07, 6.45) is 1.91. The molecule has 2 aromatic carbocycles. The molecule has 4 heteroatoms. The van der Waals surface area contributed by atoms with Crippen molar-refractivity contribution < 1.29 is 4.74 Å². The minimum Gasteiger partial charge on any atom is -0.497 e. The van der Waals surface area contributed by atoms with Gasteiger partial charge in [0.2, 0.25) is 0 Å². The lowest BCUT2D eigenvalue weighted by Gasteiger charge is -2.06.